The van der Waals surface area contributed by atoms with Gasteiger partial charge in [-0.1, -0.05) is 0 Å². The first-order valence-electron chi connectivity index (χ1n) is 3.89. The molecule has 3 saturated carbocycles. The van der Waals surface area contributed by atoms with Crippen LogP contribution in [0.2, 0.25) is 0 Å². The molecule has 3 unspecified atom stereocenters. The summed E-state index contributed by atoms with van der Waals surface area (Å²) in [6.07, 6.45) is 3.50. The molecule has 3 rings (SSSR count). The molecule has 2 heteroatoms. The lowest BCUT2D eigenvalue weighted by Crippen LogP contribution is -2.49. The highest BCUT2D eigenvalue weighted by Crippen LogP contribution is 2.43. The van der Waals surface area contributed by atoms with Gasteiger partial charge in [0.25, 0.3) is 0 Å². The first kappa shape index (κ1) is 6.35. The fourth-order valence-electron chi connectivity index (χ4n) is 2.12. The molecule has 0 amide bonds. The third kappa shape index (κ3) is 0.655. The van der Waals surface area contributed by atoms with Gasteiger partial charge in [0, 0.05) is 18.9 Å². The Balaban J connectivity index is 2.07. The van der Waals surface area contributed by atoms with Gasteiger partial charge in [-0.15, -0.1) is 0 Å². The topological polar surface area (TPSA) is 26.3 Å². The zero-order valence-electron chi connectivity index (χ0n) is 6.17. The molecule has 0 heterocycles. The Morgan fingerprint density at radius 3 is 2.70 bits per heavy atom. The van der Waals surface area contributed by atoms with Crippen molar-refractivity contribution in [2.75, 3.05) is 7.11 Å². The van der Waals surface area contributed by atoms with Gasteiger partial charge in [-0.25, -0.2) is 0 Å². The van der Waals surface area contributed by atoms with E-state index < -0.39 is 0 Å². The van der Waals surface area contributed by atoms with Crippen LogP contribution >= 0.6 is 0 Å². The van der Waals surface area contributed by atoms with Gasteiger partial charge >= 0.3 is 0 Å². The second-order valence-electron chi connectivity index (χ2n) is 3.29. The second kappa shape index (κ2) is 2.06. The number of fused-ring (bicyclic) bond motifs is 2. The molecule has 2 nitrogen and oxygen atoms in total. The van der Waals surface area contributed by atoms with E-state index in [1.807, 2.05) is 0 Å². The highest BCUT2D eigenvalue weighted by Gasteiger charge is 2.47. The maximum Gasteiger partial charge on any atom is 0.141 e. The van der Waals surface area contributed by atoms with Crippen LogP contribution in [0.15, 0.2) is 0 Å². The molecule has 0 radical (unpaired) electrons. The number of carbonyl (C=O) groups excluding carboxylic acids is 1. The Morgan fingerprint density at radius 2 is 2.30 bits per heavy atom. The number of carbonyl (C=O) groups is 1. The minimum absolute atomic E-state index is 0.248. The zero-order chi connectivity index (χ0) is 7.14. The summed E-state index contributed by atoms with van der Waals surface area (Å²) in [6.45, 7) is 0. The van der Waals surface area contributed by atoms with Crippen molar-refractivity contribution in [2.45, 2.75) is 25.4 Å². The third-order valence-corrected chi connectivity index (χ3v) is 2.86. The molecule has 3 fully saturated rings. The van der Waals surface area contributed by atoms with Crippen LogP contribution in [0, 0.1) is 11.8 Å². The normalized spacial score (nSPS) is 44.9. The summed E-state index contributed by atoms with van der Waals surface area (Å²) in [6, 6.07) is 0. The molecule has 0 N–H and O–H groups in total. The van der Waals surface area contributed by atoms with Crippen molar-refractivity contribution in [3.63, 3.8) is 0 Å². The molecule has 3 aliphatic rings. The van der Waals surface area contributed by atoms with Crippen molar-refractivity contribution < 1.29 is 9.53 Å². The molecule has 0 aromatic carbocycles. The molecular formula is C8H12O2. The summed E-state index contributed by atoms with van der Waals surface area (Å²) in [4.78, 5) is 11.1. The van der Waals surface area contributed by atoms with Gasteiger partial charge in [0.2, 0.25) is 0 Å². The van der Waals surface area contributed by atoms with Crippen molar-refractivity contribution in [2.24, 2.45) is 11.8 Å². The highest BCUT2D eigenvalue weighted by molar-refractivity contribution is 5.90. The van der Waals surface area contributed by atoms with Gasteiger partial charge in [0.15, 0.2) is 0 Å². The van der Waals surface area contributed by atoms with E-state index in [9.17, 15) is 4.79 Å². The van der Waals surface area contributed by atoms with Crippen molar-refractivity contribution in [3.8, 4) is 0 Å². The van der Waals surface area contributed by atoms with Gasteiger partial charge in [-0.05, 0) is 19.3 Å². The fourth-order valence-corrected chi connectivity index (χ4v) is 2.12. The van der Waals surface area contributed by atoms with E-state index in [0.717, 1.165) is 19.3 Å². The van der Waals surface area contributed by atoms with Crippen LogP contribution in [0.5, 0.6) is 0 Å². The Morgan fingerprint density at radius 1 is 1.50 bits per heavy atom. The first-order valence-corrected chi connectivity index (χ1v) is 3.89. The summed E-state index contributed by atoms with van der Waals surface area (Å²) in [7, 11) is 1.70. The third-order valence-electron chi connectivity index (χ3n) is 2.86. The predicted molar refractivity (Wildman–Crippen MR) is 36.6 cm³/mol. The van der Waals surface area contributed by atoms with Crippen molar-refractivity contribution >= 4 is 5.78 Å². The average molecular weight is 140 g/mol. The van der Waals surface area contributed by atoms with Gasteiger partial charge in [0.05, 0.1) is 6.10 Å². The van der Waals surface area contributed by atoms with E-state index in [4.69, 9.17) is 4.74 Å². The molecule has 0 aliphatic heterocycles. The molecule has 10 heavy (non-hydrogen) atoms. The molecule has 0 saturated heterocycles. The quantitative estimate of drug-likeness (QED) is 0.543. The van der Waals surface area contributed by atoms with Gasteiger partial charge < -0.3 is 4.74 Å². The molecule has 56 valence electrons. The molecule has 2 bridgehead atoms. The van der Waals surface area contributed by atoms with Crippen molar-refractivity contribution in [3.05, 3.63) is 0 Å². The van der Waals surface area contributed by atoms with E-state index >= 15 is 0 Å². The molecule has 3 aliphatic carbocycles. The molecule has 0 aromatic heterocycles. The van der Waals surface area contributed by atoms with Crippen molar-refractivity contribution in [1.29, 1.82) is 0 Å². The summed E-state index contributed by atoms with van der Waals surface area (Å²) in [5.41, 5.74) is 0. The summed E-state index contributed by atoms with van der Waals surface area (Å²) in [5, 5.41) is 0. The van der Waals surface area contributed by atoms with E-state index in [-0.39, 0.29) is 12.0 Å². The zero-order valence-corrected chi connectivity index (χ0v) is 6.17. The fraction of sp³-hybridized carbons (Fsp3) is 0.875. The maximum atomic E-state index is 11.1. The molecule has 0 aromatic rings. The van der Waals surface area contributed by atoms with E-state index in [2.05, 4.69) is 0 Å². The monoisotopic (exact) mass is 140 g/mol. The number of ether oxygens (including phenoxy) is 1. The van der Waals surface area contributed by atoms with Crippen LogP contribution in [-0.4, -0.2) is 19.0 Å². The largest absolute Gasteiger partial charge is 0.381 e. The smallest absolute Gasteiger partial charge is 0.141 e. The lowest BCUT2D eigenvalue weighted by atomic mass is 9.62. The summed E-state index contributed by atoms with van der Waals surface area (Å²) >= 11 is 0. The van der Waals surface area contributed by atoms with Crippen LogP contribution in [-0.2, 0) is 9.53 Å². The number of hydrogen-bond donors (Lipinski definition) is 0. The van der Waals surface area contributed by atoms with E-state index in [1.54, 1.807) is 7.11 Å². The minimum atomic E-state index is 0.248. The van der Waals surface area contributed by atoms with E-state index in [0.29, 0.717) is 11.7 Å². The SMILES string of the molecule is COC1CCC2CC1C2=O. The lowest BCUT2D eigenvalue weighted by Gasteiger charge is -2.43. The number of methoxy groups -OCH3 is 1. The summed E-state index contributed by atoms with van der Waals surface area (Å²) in [5.74, 6) is 1.14. The van der Waals surface area contributed by atoms with Crippen LogP contribution in [0.3, 0.4) is 0 Å². The van der Waals surface area contributed by atoms with Crippen LogP contribution in [0.1, 0.15) is 19.3 Å². The van der Waals surface area contributed by atoms with Gasteiger partial charge in [-0.2, -0.15) is 0 Å². The van der Waals surface area contributed by atoms with E-state index in [1.165, 1.54) is 0 Å². The van der Waals surface area contributed by atoms with Gasteiger partial charge in [0.1, 0.15) is 5.78 Å². The Bertz CT molecular complexity index is 163. The average Bonchev–Trinajstić information content (AvgIpc) is 2.03. The number of rotatable bonds is 1. The molecule has 0 spiro atoms. The summed E-state index contributed by atoms with van der Waals surface area (Å²) < 4.78 is 5.19. The van der Waals surface area contributed by atoms with Crippen LogP contribution < -0.4 is 0 Å². The highest BCUT2D eigenvalue weighted by atomic mass is 16.5. The second-order valence-corrected chi connectivity index (χ2v) is 3.29. The number of Topliss-reactive ketones (excluding diaryl/α,β-unsaturated/α-hetero) is 1. The molecule has 3 atom stereocenters. The van der Waals surface area contributed by atoms with Crippen LogP contribution in [0.25, 0.3) is 0 Å². The predicted octanol–water partition coefficient (Wildman–Crippen LogP) is 1.00. The lowest BCUT2D eigenvalue weighted by molar-refractivity contribution is -0.150. The minimum Gasteiger partial charge on any atom is -0.381 e. The van der Waals surface area contributed by atoms with Crippen LogP contribution in [0.4, 0.5) is 0 Å². The Labute approximate surface area is 60.6 Å². The molecular weight excluding hydrogens is 128 g/mol. The maximum absolute atomic E-state index is 11.1. The van der Waals surface area contributed by atoms with Gasteiger partial charge in [-0.3, -0.25) is 4.79 Å². The first-order chi connectivity index (χ1) is 4.83. The van der Waals surface area contributed by atoms with Crippen molar-refractivity contribution in [1.82, 2.24) is 0 Å². The number of hydrogen-bond acceptors (Lipinski definition) is 2. The Kier molecular flexibility index (Phi) is 1.31. The number of ketones is 1. The standard InChI is InChI=1S/C8H12O2/c1-10-7-3-2-5-4-6(7)8(5)9/h5-7H,2-4H2,1H3. The Hall–Kier alpha value is -0.370.